The maximum absolute atomic E-state index is 12.8. The van der Waals surface area contributed by atoms with Crippen LogP contribution in [0.3, 0.4) is 0 Å². The van der Waals surface area contributed by atoms with Crippen LogP contribution in [0.15, 0.2) is 12.4 Å². The first-order valence-electron chi connectivity index (χ1n) is 8.88. The minimum Gasteiger partial charge on any atom is -0.396 e. The number of methoxy groups -OCH3 is 1. The van der Waals surface area contributed by atoms with Crippen molar-refractivity contribution >= 4 is 5.91 Å². The molecule has 1 saturated carbocycles. The van der Waals surface area contributed by atoms with Crippen LogP contribution in [0, 0.1) is 5.41 Å². The quantitative estimate of drug-likeness (QED) is 0.772. The second-order valence-corrected chi connectivity index (χ2v) is 7.19. The lowest BCUT2D eigenvalue weighted by molar-refractivity contribution is 0.0180. The number of piperidine rings is 1. The van der Waals surface area contributed by atoms with Crippen LogP contribution in [-0.4, -0.2) is 59.3 Å². The largest absolute Gasteiger partial charge is 0.396 e. The molecule has 1 aliphatic carbocycles. The molecule has 1 aromatic heterocycles. The summed E-state index contributed by atoms with van der Waals surface area (Å²) in [6.45, 7) is 2.12. The standard InChI is InChI=1S/C18H27N3O3/c1-24-9-3-7-18(13-22)6-2-8-21(12-18)17(23)15-10-19-16(20-11-15)14-4-5-14/h10-11,14,22H,2-9,12-13H2,1H3/t18-/m0/s1. The summed E-state index contributed by atoms with van der Waals surface area (Å²) in [5.74, 6) is 1.32. The Balaban J connectivity index is 1.64. The van der Waals surface area contributed by atoms with Gasteiger partial charge >= 0.3 is 0 Å². The molecular formula is C18H27N3O3. The number of aliphatic hydroxyl groups excluding tert-OH is 1. The van der Waals surface area contributed by atoms with Crippen molar-refractivity contribution < 1.29 is 14.6 Å². The summed E-state index contributed by atoms with van der Waals surface area (Å²) in [6, 6.07) is 0. The molecule has 0 radical (unpaired) electrons. The molecule has 0 aromatic carbocycles. The summed E-state index contributed by atoms with van der Waals surface area (Å²) in [6.07, 6.45) is 9.26. The molecule has 6 heteroatoms. The van der Waals surface area contributed by atoms with Crippen LogP contribution in [0.2, 0.25) is 0 Å². The molecule has 1 amide bonds. The average molecular weight is 333 g/mol. The highest BCUT2D eigenvalue weighted by atomic mass is 16.5. The molecule has 2 heterocycles. The predicted octanol–water partition coefficient (Wildman–Crippen LogP) is 2.00. The van der Waals surface area contributed by atoms with Crippen LogP contribution in [0.25, 0.3) is 0 Å². The van der Waals surface area contributed by atoms with Crippen LogP contribution >= 0.6 is 0 Å². The molecule has 0 unspecified atom stereocenters. The van der Waals surface area contributed by atoms with Gasteiger partial charge in [0.05, 0.1) is 12.2 Å². The monoisotopic (exact) mass is 333 g/mol. The van der Waals surface area contributed by atoms with Gasteiger partial charge in [0.2, 0.25) is 0 Å². The molecule has 1 aliphatic heterocycles. The Morgan fingerprint density at radius 1 is 1.42 bits per heavy atom. The Morgan fingerprint density at radius 3 is 2.79 bits per heavy atom. The normalized spacial score (nSPS) is 24.2. The molecule has 24 heavy (non-hydrogen) atoms. The van der Waals surface area contributed by atoms with Gasteiger partial charge in [0.25, 0.3) is 5.91 Å². The number of hydrogen-bond acceptors (Lipinski definition) is 5. The summed E-state index contributed by atoms with van der Waals surface area (Å²) in [7, 11) is 1.69. The summed E-state index contributed by atoms with van der Waals surface area (Å²) >= 11 is 0. The zero-order valence-corrected chi connectivity index (χ0v) is 14.4. The number of carbonyl (C=O) groups excluding carboxylic acids is 1. The molecule has 1 atom stereocenters. The van der Waals surface area contributed by atoms with E-state index in [1.165, 1.54) is 0 Å². The van der Waals surface area contributed by atoms with Gasteiger partial charge in [0.1, 0.15) is 5.82 Å². The predicted molar refractivity (Wildman–Crippen MR) is 89.8 cm³/mol. The molecule has 1 saturated heterocycles. The third kappa shape index (κ3) is 3.92. The highest BCUT2D eigenvalue weighted by Crippen LogP contribution is 2.38. The topological polar surface area (TPSA) is 75.6 Å². The van der Waals surface area contributed by atoms with Gasteiger partial charge in [-0.3, -0.25) is 4.79 Å². The maximum Gasteiger partial charge on any atom is 0.257 e. The van der Waals surface area contributed by atoms with E-state index < -0.39 is 0 Å². The van der Waals surface area contributed by atoms with Crippen molar-refractivity contribution in [2.24, 2.45) is 5.41 Å². The van der Waals surface area contributed by atoms with Crippen molar-refractivity contribution in [2.45, 2.75) is 44.4 Å². The van der Waals surface area contributed by atoms with Crippen molar-refractivity contribution in [2.75, 3.05) is 33.4 Å². The lowest BCUT2D eigenvalue weighted by atomic mass is 9.77. The van der Waals surface area contributed by atoms with Gasteiger partial charge in [-0.25, -0.2) is 9.97 Å². The van der Waals surface area contributed by atoms with E-state index in [0.29, 0.717) is 24.6 Å². The number of hydrogen-bond donors (Lipinski definition) is 1. The maximum atomic E-state index is 12.8. The van der Waals surface area contributed by atoms with E-state index in [0.717, 1.165) is 50.9 Å². The highest BCUT2D eigenvalue weighted by molar-refractivity contribution is 5.93. The van der Waals surface area contributed by atoms with E-state index in [9.17, 15) is 9.90 Å². The number of likely N-dealkylation sites (tertiary alicyclic amines) is 1. The summed E-state index contributed by atoms with van der Waals surface area (Å²) in [5, 5.41) is 9.91. The Morgan fingerprint density at radius 2 is 2.17 bits per heavy atom. The third-order valence-electron chi connectivity index (χ3n) is 5.20. The fraction of sp³-hybridized carbons (Fsp3) is 0.722. The molecule has 132 valence electrons. The smallest absolute Gasteiger partial charge is 0.257 e. The van der Waals surface area contributed by atoms with Crippen molar-refractivity contribution in [3.63, 3.8) is 0 Å². The lowest BCUT2D eigenvalue weighted by Crippen LogP contribution is -2.48. The number of carbonyl (C=O) groups is 1. The van der Waals surface area contributed by atoms with E-state index >= 15 is 0 Å². The van der Waals surface area contributed by atoms with E-state index in [4.69, 9.17) is 4.74 Å². The van der Waals surface area contributed by atoms with Crippen LogP contribution in [0.1, 0.15) is 60.6 Å². The zero-order valence-electron chi connectivity index (χ0n) is 14.4. The minimum atomic E-state index is -0.207. The van der Waals surface area contributed by atoms with Crippen molar-refractivity contribution in [3.8, 4) is 0 Å². The first-order chi connectivity index (χ1) is 11.7. The van der Waals surface area contributed by atoms with Gasteiger partial charge < -0.3 is 14.7 Å². The first-order valence-corrected chi connectivity index (χ1v) is 8.88. The first kappa shape index (κ1) is 17.3. The van der Waals surface area contributed by atoms with Crippen LogP contribution < -0.4 is 0 Å². The molecule has 2 fully saturated rings. The molecular weight excluding hydrogens is 306 g/mol. The zero-order chi connectivity index (χ0) is 17.0. The second-order valence-electron chi connectivity index (χ2n) is 7.19. The summed E-state index contributed by atoms with van der Waals surface area (Å²) in [4.78, 5) is 23.3. The van der Waals surface area contributed by atoms with E-state index in [1.54, 1.807) is 19.5 Å². The van der Waals surface area contributed by atoms with Gasteiger partial charge in [-0.1, -0.05) is 0 Å². The second kappa shape index (κ2) is 7.57. The van der Waals surface area contributed by atoms with E-state index in [1.807, 2.05) is 4.90 Å². The van der Waals surface area contributed by atoms with E-state index in [2.05, 4.69) is 9.97 Å². The van der Waals surface area contributed by atoms with Crippen LogP contribution in [0.5, 0.6) is 0 Å². The third-order valence-corrected chi connectivity index (χ3v) is 5.20. The van der Waals surface area contributed by atoms with E-state index in [-0.39, 0.29) is 17.9 Å². The highest BCUT2D eigenvalue weighted by Gasteiger charge is 2.36. The fourth-order valence-electron chi connectivity index (χ4n) is 3.57. The SMILES string of the molecule is COCCC[C@@]1(CO)CCCN(C(=O)c2cnc(C3CC3)nc2)C1. The molecule has 0 spiro atoms. The minimum absolute atomic E-state index is 0.0263. The Kier molecular flexibility index (Phi) is 5.46. The van der Waals surface area contributed by atoms with Gasteiger partial charge in [-0.2, -0.15) is 0 Å². The van der Waals surface area contributed by atoms with Crippen LogP contribution in [0.4, 0.5) is 0 Å². The van der Waals surface area contributed by atoms with Gasteiger partial charge in [-0.05, 0) is 38.5 Å². The number of amides is 1. The lowest BCUT2D eigenvalue weighted by Gasteiger charge is -2.42. The summed E-state index contributed by atoms with van der Waals surface area (Å²) in [5.41, 5.74) is 0.339. The molecule has 1 aromatic rings. The molecule has 6 nitrogen and oxygen atoms in total. The fourth-order valence-corrected chi connectivity index (χ4v) is 3.57. The van der Waals surface area contributed by atoms with Gasteiger partial charge in [0, 0.05) is 50.5 Å². The van der Waals surface area contributed by atoms with Crippen molar-refractivity contribution in [1.29, 1.82) is 0 Å². The number of nitrogens with zero attached hydrogens (tertiary/aromatic N) is 3. The van der Waals surface area contributed by atoms with Crippen LogP contribution in [-0.2, 0) is 4.74 Å². The number of ether oxygens (including phenoxy) is 1. The van der Waals surface area contributed by atoms with Crippen molar-refractivity contribution in [3.05, 3.63) is 23.8 Å². The Hall–Kier alpha value is -1.53. The average Bonchev–Trinajstić information content (AvgIpc) is 3.47. The molecule has 0 bridgehead atoms. The summed E-state index contributed by atoms with van der Waals surface area (Å²) < 4.78 is 5.12. The van der Waals surface area contributed by atoms with Crippen molar-refractivity contribution in [1.82, 2.24) is 14.9 Å². The Labute approximate surface area is 143 Å². The van der Waals surface area contributed by atoms with Gasteiger partial charge in [-0.15, -0.1) is 0 Å². The Bertz CT molecular complexity index is 559. The number of rotatable bonds is 7. The molecule has 3 rings (SSSR count). The molecule has 2 aliphatic rings. The number of aromatic nitrogens is 2. The number of aliphatic hydroxyl groups is 1. The molecule has 1 N–H and O–H groups in total. The van der Waals surface area contributed by atoms with Gasteiger partial charge in [0.15, 0.2) is 0 Å².